The maximum atomic E-state index is 11.7. The van der Waals surface area contributed by atoms with E-state index in [0.29, 0.717) is 12.6 Å². The highest BCUT2D eigenvalue weighted by Gasteiger charge is 2.41. The SMILES string of the molecule is CCOC(=O)C1CCC(NN)CC1(C)C.Cl. The smallest absolute Gasteiger partial charge is 0.309 e. The molecule has 4 nitrogen and oxygen atoms in total. The molecule has 1 aliphatic carbocycles. The largest absolute Gasteiger partial charge is 0.466 e. The Morgan fingerprint density at radius 1 is 1.50 bits per heavy atom. The van der Waals surface area contributed by atoms with Crippen LogP contribution in [0.3, 0.4) is 0 Å². The molecule has 0 bridgehead atoms. The monoisotopic (exact) mass is 250 g/mol. The van der Waals surface area contributed by atoms with Gasteiger partial charge in [-0.2, -0.15) is 0 Å². The Balaban J connectivity index is 0.00000225. The van der Waals surface area contributed by atoms with Crippen molar-refractivity contribution in [1.82, 2.24) is 5.43 Å². The number of ether oxygens (including phenoxy) is 1. The number of nitrogens with two attached hydrogens (primary N) is 1. The molecule has 0 heterocycles. The summed E-state index contributed by atoms with van der Waals surface area (Å²) in [5.41, 5.74) is 2.77. The van der Waals surface area contributed by atoms with Gasteiger partial charge in [-0.1, -0.05) is 13.8 Å². The first-order valence-electron chi connectivity index (χ1n) is 5.64. The summed E-state index contributed by atoms with van der Waals surface area (Å²) in [5.74, 6) is 5.40. The summed E-state index contributed by atoms with van der Waals surface area (Å²) in [6.07, 6.45) is 2.73. The summed E-state index contributed by atoms with van der Waals surface area (Å²) < 4.78 is 5.10. The highest BCUT2D eigenvalue weighted by molar-refractivity contribution is 5.85. The Bertz CT molecular complexity index is 234. The summed E-state index contributed by atoms with van der Waals surface area (Å²) in [7, 11) is 0. The number of halogens is 1. The quantitative estimate of drug-likeness (QED) is 0.454. The summed E-state index contributed by atoms with van der Waals surface area (Å²) in [4.78, 5) is 11.7. The van der Waals surface area contributed by atoms with Gasteiger partial charge in [0.05, 0.1) is 12.5 Å². The lowest BCUT2D eigenvalue weighted by atomic mass is 9.67. The van der Waals surface area contributed by atoms with Crippen LogP contribution in [0.5, 0.6) is 0 Å². The lowest BCUT2D eigenvalue weighted by Crippen LogP contribution is -2.47. The van der Waals surface area contributed by atoms with Gasteiger partial charge in [-0.3, -0.25) is 16.1 Å². The summed E-state index contributed by atoms with van der Waals surface area (Å²) >= 11 is 0. The first-order valence-corrected chi connectivity index (χ1v) is 5.64. The second kappa shape index (κ2) is 6.42. The molecule has 16 heavy (non-hydrogen) atoms. The molecule has 0 amide bonds. The van der Waals surface area contributed by atoms with Crippen molar-refractivity contribution < 1.29 is 9.53 Å². The van der Waals surface area contributed by atoms with Crippen molar-refractivity contribution >= 4 is 18.4 Å². The molecule has 0 aromatic heterocycles. The second-order valence-corrected chi connectivity index (χ2v) is 4.94. The number of carbonyl (C=O) groups is 1. The lowest BCUT2D eigenvalue weighted by Gasteiger charge is -2.40. The first-order chi connectivity index (χ1) is 7.01. The molecule has 1 saturated carbocycles. The molecule has 5 heteroatoms. The molecule has 1 fully saturated rings. The van der Waals surface area contributed by atoms with Crippen molar-refractivity contribution in [3.63, 3.8) is 0 Å². The third kappa shape index (κ3) is 3.61. The second-order valence-electron chi connectivity index (χ2n) is 4.94. The summed E-state index contributed by atoms with van der Waals surface area (Å²) in [5, 5.41) is 0. The average molecular weight is 251 g/mol. The van der Waals surface area contributed by atoms with E-state index in [-0.39, 0.29) is 29.7 Å². The van der Waals surface area contributed by atoms with Crippen molar-refractivity contribution in [2.45, 2.75) is 46.1 Å². The van der Waals surface area contributed by atoms with Crippen molar-refractivity contribution in [3.8, 4) is 0 Å². The molecule has 1 rings (SSSR count). The zero-order valence-electron chi connectivity index (χ0n) is 10.3. The van der Waals surface area contributed by atoms with E-state index in [9.17, 15) is 4.79 Å². The van der Waals surface area contributed by atoms with Crippen LogP contribution in [-0.2, 0) is 9.53 Å². The highest BCUT2D eigenvalue weighted by Crippen LogP contribution is 2.41. The van der Waals surface area contributed by atoms with Gasteiger partial charge >= 0.3 is 5.97 Å². The van der Waals surface area contributed by atoms with Gasteiger partial charge in [-0.05, 0) is 31.6 Å². The maximum absolute atomic E-state index is 11.7. The van der Waals surface area contributed by atoms with E-state index in [0.717, 1.165) is 19.3 Å². The number of rotatable bonds is 3. The van der Waals surface area contributed by atoms with Gasteiger partial charge in [0, 0.05) is 6.04 Å². The Kier molecular flexibility index (Phi) is 6.30. The Labute approximate surface area is 104 Å². The molecule has 96 valence electrons. The molecular formula is C11H23ClN2O2. The minimum Gasteiger partial charge on any atom is -0.466 e. The molecule has 2 unspecified atom stereocenters. The van der Waals surface area contributed by atoms with Crippen LogP contribution in [0, 0.1) is 11.3 Å². The predicted molar refractivity (Wildman–Crippen MR) is 66.1 cm³/mol. The Hall–Kier alpha value is -0.320. The fraction of sp³-hybridized carbons (Fsp3) is 0.909. The molecule has 0 saturated heterocycles. The molecule has 0 spiro atoms. The fourth-order valence-corrected chi connectivity index (χ4v) is 2.46. The normalized spacial score (nSPS) is 28.0. The topological polar surface area (TPSA) is 64.3 Å². The van der Waals surface area contributed by atoms with Crippen molar-refractivity contribution in [3.05, 3.63) is 0 Å². The highest BCUT2D eigenvalue weighted by atomic mass is 35.5. The van der Waals surface area contributed by atoms with Gasteiger partial charge in [0.2, 0.25) is 0 Å². The van der Waals surface area contributed by atoms with Crippen LogP contribution in [0.2, 0.25) is 0 Å². The van der Waals surface area contributed by atoms with E-state index in [4.69, 9.17) is 10.6 Å². The molecule has 0 aliphatic heterocycles. The molecular weight excluding hydrogens is 228 g/mol. The molecule has 0 radical (unpaired) electrons. The zero-order chi connectivity index (χ0) is 11.5. The van der Waals surface area contributed by atoms with E-state index < -0.39 is 0 Å². The number of esters is 1. The van der Waals surface area contributed by atoms with Crippen LogP contribution in [0.4, 0.5) is 0 Å². The third-order valence-electron chi connectivity index (χ3n) is 3.33. The van der Waals surface area contributed by atoms with E-state index in [2.05, 4.69) is 19.3 Å². The zero-order valence-corrected chi connectivity index (χ0v) is 11.1. The fourth-order valence-electron chi connectivity index (χ4n) is 2.46. The number of hydrazine groups is 1. The Morgan fingerprint density at radius 2 is 2.12 bits per heavy atom. The van der Waals surface area contributed by atoms with E-state index in [1.54, 1.807) is 0 Å². The van der Waals surface area contributed by atoms with E-state index in [1.165, 1.54) is 0 Å². The van der Waals surface area contributed by atoms with Gasteiger partial charge in [-0.15, -0.1) is 12.4 Å². The molecule has 3 N–H and O–H groups in total. The minimum absolute atomic E-state index is 0. The van der Waals surface area contributed by atoms with Gasteiger partial charge in [0.15, 0.2) is 0 Å². The van der Waals surface area contributed by atoms with Gasteiger partial charge in [0.25, 0.3) is 0 Å². The van der Waals surface area contributed by atoms with Crippen LogP contribution in [0.1, 0.15) is 40.0 Å². The van der Waals surface area contributed by atoms with Crippen molar-refractivity contribution in [2.75, 3.05) is 6.61 Å². The van der Waals surface area contributed by atoms with Gasteiger partial charge < -0.3 is 4.74 Å². The maximum Gasteiger partial charge on any atom is 0.309 e. The standard InChI is InChI=1S/C11H22N2O2.ClH/c1-4-15-10(14)9-6-5-8(13-12)7-11(9,2)3;/h8-9,13H,4-7,12H2,1-3H3;1H. The Morgan fingerprint density at radius 3 is 2.56 bits per heavy atom. The summed E-state index contributed by atoms with van der Waals surface area (Å²) in [6.45, 7) is 6.53. The van der Waals surface area contributed by atoms with E-state index >= 15 is 0 Å². The first kappa shape index (κ1) is 15.7. The van der Waals surface area contributed by atoms with Crippen molar-refractivity contribution in [1.29, 1.82) is 0 Å². The lowest BCUT2D eigenvalue weighted by molar-refractivity contribution is -0.154. The number of hydrogen-bond acceptors (Lipinski definition) is 4. The van der Waals surface area contributed by atoms with E-state index in [1.807, 2.05) is 6.92 Å². The number of hydrogen-bond donors (Lipinski definition) is 2. The molecule has 0 aromatic carbocycles. The van der Waals surface area contributed by atoms with Gasteiger partial charge in [0.1, 0.15) is 0 Å². The van der Waals surface area contributed by atoms with Gasteiger partial charge in [-0.25, -0.2) is 0 Å². The van der Waals surface area contributed by atoms with Crippen LogP contribution in [-0.4, -0.2) is 18.6 Å². The van der Waals surface area contributed by atoms with Crippen molar-refractivity contribution in [2.24, 2.45) is 17.2 Å². The number of nitrogens with one attached hydrogen (secondary N) is 1. The minimum atomic E-state index is -0.0574. The van der Waals surface area contributed by atoms with Crippen LogP contribution in [0.25, 0.3) is 0 Å². The molecule has 1 aliphatic rings. The number of carbonyl (C=O) groups excluding carboxylic acids is 1. The summed E-state index contributed by atoms with van der Waals surface area (Å²) in [6, 6.07) is 0.325. The van der Waals surface area contributed by atoms with Crippen LogP contribution >= 0.6 is 12.4 Å². The van der Waals surface area contributed by atoms with Crippen LogP contribution < -0.4 is 11.3 Å². The van der Waals surface area contributed by atoms with Crippen LogP contribution in [0.15, 0.2) is 0 Å². The third-order valence-corrected chi connectivity index (χ3v) is 3.33. The molecule has 2 atom stereocenters. The molecule has 0 aromatic rings. The predicted octanol–water partition coefficient (Wildman–Crippen LogP) is 1.63. The average Bonchev–Trinajstić information content (AvgIpc) is 2.16.